The first-order valence-corrected chi connectivity index (χ1v) is 13.2. The molecular formula is C31H57N. The Morgan fingerprint density at radius 1 is 0.594 bits per heavy atom. The van der Waals surface area contributed by atoms with E-state index in [2.05, 4.69) is 101 Å². The molecular weight excluding hydrogens is 386 g/mol. The highest BCUT2D eigenvalue weighted by Gasteiger charge is 2.34. The molecule has 1 nitrogen and oxygen atoms in total. The number of hydrogen-bond donors (Lipinski definition) is 1. The summed E-state index contributed by atoms with van der Waals surface area (Å²) in [7, 11) is 0. The van der Waals surface area contributed by atoms with Gasteiger partial charge in [-0.1, -0.05) is 114 Å². The van der Waals surface area contributed by atoms with E-state index in [0.717, 1.165) is 13.0 Å². The second kappa shape index (κ2) is 10.6. The van der Waals surface area contributed by atoms with Crippen LogP contribution in [0.5, 0.6) is 0 Å². The van der Waals surface area contributed by atoms with Gasteiger partial charge in [0, 0.05) is 0 Å². The van der Waals surface area contributed by atoms with E-state index in [9.17, 15) is 0 Å². The third-order valence-corrected chi connectivity index (χ3v) is 7.47. The molecule has 0 spiro atoms. The molecule has 0 bridgehead atoms. The fraction of sp³-hybridized carbons (Fsp3) is 0.806. The van der Waals surface area contributed by atoms with Gasteiger partial charge < -0.3 is 5.73 Å². The quantitative estimate of drug-likeness (QED) is 0.342. The van der Waals surface area contributed by atoms with Gasteiger partial charge in [-0.05, 0) is 82.4 Å². The lowest BCUT2D eigenvalue weighted by Gasteiger charge is -2.39. The van der Waals surface area contributed by atoms with E-state index in [0.29, 0.717) is 10.8 Å². The first kappa shape index (κ1) is 29.2. The lowest BCUT2D eigenvalue weighted by Crippen LogP contribution is -2.30. The molecule has 0 fully saturated rings. The molecule has 0 aliphatic carbocycles. The molecule has 0 unspecified atom stereocenters. The van der Waals surface area contributed by atoms with Crippen LogP contribution in [-0.4, -0.2) is 6.54 Å². The molecule has 1 aromatic rings. The van der Waals surface area contributed by atoms with Gasteiger partial charge in [-0.3, -0.25) is 0 Å². The zero-order chi connectivity index (χ0) is 25.0. The second-order valence-electron chi connectivity index (χ2n) is 14.5. The van der Waals surface area contributed by atoms with Crippen molar-refractivity contribution in [2.24, 2.45) is 16.6 Å². The Bertz CT molecular complexity index is 660. The summed E-state index contributed by atoms with van der Waals surface area (Å²) in [5.41, 5.74) is 11.4. The van der Waals surface area contributed by atoms with E-state index in [1.807, 2.05) is 0 Å². The van der Waals surface area contributed by atoms with Crippen molar-refractivity contribution in [1.82, 2.24) is 0 Å². The molecule has 32 heavy (non-hydrogen) atoms. The molecule has 186 valence electrons. The van der Waals surface area contributed by atoms with Crippen molar-refractivity contribution in [2.75, 3.05) is 6.54 Å². The predicted octanol–water partition coefficient (Wildman–Crippen LogP) is 9.30. The van der Waals surface area contributed by atoms with Crippen LogP contribution in [0.15, 0.2) is 18.2 Å². The lowest BCUT2D eigenvalue weighted by atomic mass is 9.65. The Hall–Kier alpha value is -0.820. The second-order valence-corrected chi connectivity index (χ2v) is 14.5. The number of benzene rings is 1. The molecule has 0 saturated carbocycles. The monoisotopic (exact) mass is 443 g/mol. The molecule has 1 aromatic carbocycles. The predicted molar refractivity (Wildman–Crippen MR) is 146 cm³/mol. The van der Waals surface area contributed by atoms with E-state index < -0.39 is 0 Å². The number of unbranched alkanes of at least 4 members (excludes halogenated alkanes) is 1. The third-order valence-electron chi connectivity index (χ3n) is 7.47. The Morgan fingerprint density at radius 3 is 1.31 bits per heavy atom. The van der Waals surface area contributed by atoms with Crippen molar-refractivity contribution >= 4 is 0 Å². The molecule has 0 heterocycles. The van der Waals surface area contributed by atoms with Crippen LogP contribution < -0.4 is 5.73 Å². The van der Waals surface area contributed by atoms with Crippen molar-refractivity contribution in [3.63, 3.8) is 0 Å². The summed E-state index contributed by atoms with van der Waals surface area (Å²) < 4.78 is 0. The first-order chi connectivity index (χ1) is 14.4. The fourth-order valence-corrected chi connectivity index (χ4v) is 5.85. The average Bonchev–Trinajstić information content (AvgIpc) is 2.62. The number of hydrogen-bond acceptors (Lipinski definition) is 1. The van der Waals surface area contributed by atoms with Crippen LogP contribution in [0.1, 0.15) is 145 Å². The minimum Gasteiger partial charge on any atom is -0.330 e. The summed E-state index contributed by atoms with van der Waals surface area (Å²) >= 11 is 0. The van der Waals surface area contributed by atoms with Crippen molar-refractivity contribution in [1.29, 1.82) is 0 Å². The van der Waals surface area contributed by atoms with E-state index in [-0.39, 0.29) is 16.2 Å². The van der Waals surface area contributed by atoms with Gasteiger partial charge in [0.1, 0.15) is 0 Å². The minimum absolute atomic E-state index is 0.127. The summed E-state index contributed by atoms with van der Waals surface area (Å²) in [6.07, 6.45) is 8.60. The van der Waals surface area contributed by atoms with E-state index >= 15 is 0 Å². The van der Waals surface area contributed by atoms with E-state index in [1.54, 1.807) is 0 Å². The van der Waals surface area contributed by atoms with Crippen LogP contribution in [0.4, 0.5) is 0 Å². The van der Waals surface area contributed by atoms with Gasteiger partial charge in [0.25, 0.3) is 0 Å². The number of rotatable bonds is 12. The Morgan fingerprint density at radius 2 is 0.969 bits per heavy atom. The summed E-state index contributed by atoms with van der Waals surface area (Å²) in [6, 6.07) is 7.56. The van der Waals surface area contributed by atoms with Crippen molar-refractivity contribution in [3.05, 3.63) is 34.9 Å². The maximum atomic E-state index is 5.83. The average molecular weight is 444 g/mol. The highest BCUT2D eigenvalue weighted by atomic mass is 14.5. The van der Waals surface area contributed by atoms with Gasteiger partial charge in [0.15, 0.2) is 0 Å². The highest BCUT2D eigenvalue weighted by Crippen LogP contribution is 2.44. The molecule has 0 aliphatic rings. The topological polar surface area (TPSA) is 26.0 Å². The zero-order valence-electron chi connectivity index (χ0n) is 24.0. The van der Waals surface area contributed by atoms with E-state index in [4.69, 9.17) is 5.73 Å². The van der Waals surface area contributed by atoms with Gasteiger partial charge in [-0.15, -0.1) is 0 Å². The van der Waals surface area contributed by atoms with Crippen LogP contribution in [0.2, 0.25) is 0 Å². The largest absolute Gasteiger partial charge is 0.330 e. The van der Waals surface area contributed by atoms with Crippen LogP contribution in [-0.2, 0) is 16.2 Å². The lowest BCUT2D eigenvalue weighted by molar-refractivity contribution is 0.230. The molecule has 1 rings (SSSR count). The first-order valence-electron chi connectivity index (χ1n) is 13.2. The van der Waals surface area contributed by atoms with Crippen LogP contribution >= 0.6 is 0 Å². The molecule has 0 aromatic heterocycles. The summed E-state index contributed by atoms with van der Waals surface area (Å²) in [6.45, 7) is 29.7. The summed E-state index contributed by atoms with van der Waals surface area (Å²) in [5.74, 6) is 0. The summed E-state index contributed by atoms with van der Waals surface area (Å²) in [5, 5.41) is 0. The van der Waals surface area contributed by atoms with Crippen molar-refractivity contribution in [3.8, 4) is 0 Å². The van der Waals surface area contributed by atoms with Crippen LogP contribution in [0.25, 0.3) is 0 Å². The maximum Gasteiger partial charge on any atom is -0.00771 e. The Balaban J connectivity index is 3.43. The van der Waals surface area contributed by atoms with Gasteiger partial charge in [0.05, 0.1) is 0 Å². The minimum atomic E-state index is 0.127. The smallest absolute Gasteiger partial charge is 0.00771 e. The van der Waals surface area contributed by atoms with Gasteiger partial charge >= 0.3 is 0 Å². The molecule has 0 aliphatic heterocycles. The maximum absolute atomic E-state index is 5.83. The molecule has 0 saturated heterocycles. The highest BCUT2D eigenvalue weighted by molar-refractivity contribution is 5.40. The van der Waals surface area contributed by atoms with Gasteiger partial charge in [-0.2, -0.15) is 0 Å². The normalized spacial score (nSPS) is 14.2. The van der Waals surface area contributed by atoms with Crippen LogP contribution in [0, 0.1) is 10.8 Å². The van der Waals surface area contributed by atoms with Gasteiger partial charge in [0.2, 0.25) is 0 Å². The molecule has 1 heteroatoms. The van der Waals surface area contributed by atoms with Crippen molar-refractivity contribution < 1.29 is 0 Å². The van der Waals surface area contributed by atoms with Crippen LogP contribution in [0.3, 0.4) is 0 Å². The van der Waals surface area contributed by atoms with E-state index in [1.165, 1.54) is 55.2 Å². The summed E-state index contributed by atoms with van der Waals surface area (Å²) in [4.78, 5) is 0. The number of nitrogens with two attached hydrogens (primary N) is 1. The molecule has 0 amide bonds. The molecule has 0 radical (unpaired) electrons. The fourth-order valence-electron chi connectivity index (χ4n) is 5.85. The third kappa shape index (κ3) is 8.85. The molecule has 0 atom stereocenters. The Kier molecular flexibility index (Phi) is 9.70. The van der Waals surface area contributed by atoms with Gasteiger partial charge in [-0.25, -0.2) is 0 Å². The standard InChI is InChI=1S/C31H57N/c1-13-14-16-28(5,6)22-30(9,10)25-19-24(27(2,3)4)20-26(21-25)31(11,12)23-29(7,8)17-15-18-32/h19-21H,13-18,22-23,32H2,1-12H3. The van der Waals surface area contributed by atoms with Crippen molar-refractivity contribution in [2.45, 2.75) is 144 Å². The SMILES string of the molecule is CCCCC(C)(C)CC(C)(C)c1cc(C(C)(C)C)cc(C(C)(C)CC(C)(C)CCCN)c1. The molecule has 2 N–H and O–H groups in total. The Labute approximate surface area is 202 Å². The zero-order valence-corrected chi connectivity index (χ0v) is 24.0.